The quantitative estimate of drug-likeness (QED) is 0.125. The molecule has 49 heavy (non-hydrogen) atoms. The molecule has 0 N–H and O–H groups in total. The Bertz CT molecular complexity index is 1320. The predicted molar refractivity (Wildman–Crippen MR) is 180 cm³/mol. The van der Waals surface area contributed by atoms with Crippen molar-refractivity contribution in [3.05, 3.63) is 64.7 Å². The molecule has 0 saturated heterocycles. The van der Waals surface area contributed by atoms with Crippen molar-refractivity contribution in [3.63, 3.8) is 0 Å². The minimum Gasteiger partial charge on any atom is -0.426 e. The zero-order valence-corrected chi connectivity index (χ0v) is 29.2. The Labute approximate surface area is 288 Å². The smallest absolute Gasteiger partial charge is 0.314 e. The minimum atomic E-state index is -1.55. The third-order valence-corrected chi connectivity index (χ3v) is 12.5. The predicted octanol–water partition coefficient (Wildman–Crippen LogP) is 12.6. The number of halogens is 6. The Morgan fingerprint density at radius 3 is 1.41 bits per heavy atom. The van der Waals surface area contributed by atoms with Crippen molar-refractivity contribution in [2.45, 2.75) is 135 Å². The van der Waals surface area contributed by atoms with Gasteiger partial charge in [-0.05, 0) is 123 Å². The molecule has 0 atom stereocenters. The third kappa shape index (κ3) is 10.5. The van der Waals surface area contributed by atoms with E-state index in [0.717, 1.165) is 81.0 Å². The van der Waals surface area contributed by atoms with Gasteiger partial charge in [-0.15, -0.1) is 0 Å². The van der Waals surface area contributed by atoms with E-state index < -0.39 is 40.9 Å². The molecule has 0 amide bonds. The molecule has 8 heteroatoms. The van der Waals surface area contributed by atoms with Gasteiger partial charge < -0.3 is 4.74 Å². The van der Waals surface area contributed by atoms with Crippen LogP contribution in [0.15, 0.2) is 24.3 Å². The summed E-state index contributed by atoms with van der Waals surface area (Å²) in [6.45, 7) is 4.67. The van der Waals surface area contributed by atoms with Crippen LogP contribution < -0.4 is 4.74 Å². The second-order valence-electron chi connectivity index (χ2n) is 16.0. The minimum absolute atomic E-state index is 0.182. The Hall–Kier alpha value is -2.51. The van der Waals surface area contributed by atoms with Crippen molar-refractivity contribution in [1.29, 1.82) is 0 Å². The van der Waals surface area contributed by atoms with E-state index in [4.69, 9.17) is 4.74 Å². The van der Waals surface area contributed by atoms with Gasteiger partial charge in [-0.25, -0.2) is 26.3 Å². The lowest BCUT2D eigenvalue weighted by atomic mass is 9.69. The van der Waals surface area contributed by atoms with E-state index >= 15 is 0 Å². The lowest BCUT2D eigenvalue weighted by molar-refractivity contribution is -0.140. The maximum atomic E-state index is 13.4. The molecule has 2 aromatic carbocycles. The van der Waals surface area contributed by atoms with Crippen LogP contribution in [-0.4, -0.2) is 5.97 Å². The van der Waals surface area contributed by atoms with E-state index in [1.165, 1.54) is 76.3 Å². The highest BCUT2D eigenvalue weighted by molar-refractivity contribution is 5.75. The van der Waals surface area contributed by atoms with Crippen LogP contribution in [0.5, 0.6) is 5.75 Å². The number of hydrogen-bond acceptors (Lipinski definition) is 2. The Balaban J connectivity index is 0.000000191. The third-order valence-electron chi connectivity index (χ3n) is 12.5. The molecule has 0 radical (unpaired) electrons. The van der Waals surface area contributed by atoms with Gasteiger partial charge in [0.15, 0.2) is 34.9 Å². The fraction of sp³-hybridized carbons (Fsp3) is 0.683. The second-order valence-corrected chi connectivity index (χ2v) is 16.0. The molecule has 272 valence electrons. The van der Waals surface area contributed by atoms with E-state index in [9.17, 15) is 31.1 Å². The summed E-state index contributed by atoms with van der Waals surface area (Å²) in [5.41, 5.74) is 0.631. The maximum Gasteiger partial charge on any atom is 0.314 e. The first-order chi connectivity index (χ1) is 23.5. The summed E-state index contributed by atoms with van der Waals surface area (Å²) in [6, 6.07) is 3.80. The van der Waals surface area contributed by atoms with E-state index in [-0.39, 0.29) is 17.6 Å². The number of rotatable bonds is 7. The number of hydrogen-bond donors (Lipinski definition) is 0. The van der Waals surface area contributed by atoms with E-state index in [1.807, 2.05) is 0 Å². The topological polar surface area (TPSA) is 26.3 Å². The van der Waals surface area contributed by atoms with Gasteiger partial charge in [0.25, 0.3) is 0 Å². The van der Waals surface area contributed by atoms with Gasteiger partial charge in [-0.1, -0.05) is 65.2 Å². The van der Waals surface area contributed by atoms with Crippen molar-refractivity contribution in [2.75, 3.05) is 0 Å². The van der Waals surface area contributed by atoms with Crippen LogP contribution >= 0.6 is 0 Å². The van der Waals surface area contributed by atoms with E-state index in [1.54, 1.807) is 0 Å². The summed E-state index contributed by atoms with van der Waals surface area (Å²) in [6.07, 6.45) is 21.1. The van der Waals surface area contributed by atoms with Crippen LogP contribution in [0.4, 0.5) is 26.3 Å². The molecule has 2 nitrogen and oxygen atoms in total. The van der Waals surface area contributed by atoms with Crippen LogP contribution in [0, 0.1) is 76.3 Å². The Kier molecular flexibility index (Phi) is 13.6. The van der Waals surface area contributed by atoms with E-state index in [2.05, 4.69) is 13.8 Å². The standard InChI is InChI=1S/C21H29F3.C20H25F3O2/c1-14-2-4-15(5-3-14)6-7-16-8-10-17(11-9-16)18-12-19(22)21(24)20(23)13-18;1-12-2-4-13(5-3-12)14-6-8-15(9-7-14)20(24)25-16-10-17(21)19(23)18(22)11-16/h12-17H,2-11H2,1H3;10-15H,2-9H2,1H3. The van der Waals surface area contributed by atoms with Gasteiger partial charge in [0.05, 0.1) is 5.92 Å². The first-order valence-corrected chi connectivity index (χ1v) is 19.0. The van der Waals surface area contributed by atoms with E-state index in [0.29, 0.717) is 23.6 Å². The molecule has 0 aromatic heterocycles. The zero-order chi connectivity index (χ0) is 35.1. The molecule has 6 rings (SSSR count). The van der Waals surface area contributed by atoms with Gasteiger partial charge in [0.2, 0.25) is 0 Å². The van der Waals surface area contributed by atoms with Crippen molar-refractivity contribution < 1.29 is 35.9 Å². The van der Waals surface area contributed by atoms with Gasteiger partial charge in [-0.2, -0.15) is 0 Å². The number of carbonyl (C=O) groups is 1. The van der Waals surface area contributed by atoms with Crippen LogP contribution in [0.3, 0.4) is 0 Å². The van der Waals surface area contributed by atoms with Crippen LogP contribution in [0.25, 0.3) is 0 Å². The number of esters is 1. The summed E-state index contributed by atoms with van der Waals surface area (Å²) in [5, 5.41) is 0. The fourth-order valence-corrected chi connectivity index (χ4v) is 9.06. The maximum absolute atomic E-state index is 13.4. The van der Waals surface area contributed by atoms with Crippen molar-refractivity contribution in [3.8, 4) is 5.75 Å². The molecule has 0 unspecified atom stereocenters. The van der Waals surface area contributed by atoms with Crippen molar-refractivity contribution >= 4 is 5.97 Å². The average Bonchev–Trinajstić information content (AvgIpc) is 3.10. The van der Waals surface area contributed by atoms with Gasteiger partial charge >= 0.3 is 5.97 Å². The largest absolute Gasteiger partial charge is 0.426 e. The molecule has 4 saturated carbocycles. The lowest BCUT2D eigenvalue weighted by Crippen LogP contribution is -2.29. The summed E-state index contributed by atoms with van der Waals surface area (Å²) in [5.74, 6) is -3.65. The van der Waals surface area contributed by atoms with Gasteiger partial charge in [-0.3, -0.25) is 4.79 Å². The number of benzene rings is 2. The highest BCUT2D eigenvalue weighted by atomic mass is 19.2. The van der Waals surface area contributed by atoms with Crippen LogP contribution in [-0.2, 0) is 4.79 Å². The summed E-state index contributed by atoms with van der Waals surface area (Å²) in [7, 11) is 0. The Morgan fingerprint density at radius 2 is 0.939 bits per heavy atom. The van der Waals surface area contributed by atoms with Crippen LogP contribution in [0.1, 0.15) is 141 Å². The van der Waals surface area contributed by atoms with Crippen molar-refractivity contribution in [2.24, 2.45) is 41.4 Å². The molecule has 4 fully saturated rings. The van der Waals surface area contributed by atoms with Crippen molar-refractivity contribution in [1.82, 2.24) is 0 Å². The second kappa shape index (κ2) is 17.6. The SMILES string of the molecule is CC1CCC(C2CCC(C(=O)Oc3cc(F)c(F)c(F)c3)CC2)CC1.CC1CCC(CCC2CCC(c3cc(F)c(F)c(F)c3)CC2)CC1. The summed E-state index contributed by atoms with van der Waals surface area (Å²) in [4.78, 5) is 12.2. The lowest BCUT2D eigenvalue weighted by Gasteiger charge is -2.36. The number of carbonyl (C=O) groups excluding carboxylic acids is 1. The molecule has 0 spiro atoms. The highest BCUT2D eigenvalue weighted by Gasteiger charge is 2.33. The molecule has 0 heterocycles. The van der Waals surface area contributed by atoms with Crippen LogP contribution in [0.2, 0.25) is 0 Å². The average molecular weight is 693 g/mol. The normalized spacial score (nSPS) is 30.6. The molecular weight excluding hydrogens is 638 g/mol. The molecule has 4 aliphatic rings. The molecule has 2 aromatic rings. The highest BCUT2D eigenvalue weighted by Crippen LogP contribution is 2.42. The zero-order valence-electron chi connectivity index (χ0n) is 29.2. The molecule has 4 aliphatic carbocycles. The van der Waals surface area contributed by atoms with Gasteiger partial charge in [0.1, 0.15) is 5.75 Å². The first kappa shape index (κ1) is 37.7. The molecule has 0 bridgehead atoms. The Morgan fingerprint density at radius 1 is 0.551 bits per heavy atom. The fourth-order valence-electron chi connectivity index (χ4n) is 9.06. The molecule has 0 aliphatic heterocycles. The molecular formula is C41H54F6O2. The summed E-state index contributed by atoms with van der Waals surface area (Å²) < 4.78 is 84.4. The number of ether oxygens (including phenoxy) is 1. The summed E-state index contributed by atoms with van der Waals surface area (Å²) >= 11 is 0. The first-order valence-electron chi connectivity index (χ1n) is 19.0. The van der Waals surface area contributed by atoms with Gasteiger partial charge in [0, 0.05) is 12.1 Å². The monoisotopic (exact) mass is 692 g/mol.